The standard InChI is InChI=1S/C72H134O6/c1-4-7-10-13-16-19-22-25-28-31-32-33-34-35-36-37-38-39-40-42-44-47-50-53-56-59-62-65-71(74)77-68-69(67-76-70(73)64-61-58-55-52-49-46-43-30-27-24-21-18-15-12-9-6-3)78-72(75)66-63-60-57-54-51-48-45-41-29-26-23-20-17-14-11-8-5-2/h8,11,17,20,26,29,69H,4-7,9-10,12-16,18-19,21-25,27-28,30-68H2,1-3H3/b11-8-,20-17-,29-26-. The van der Waals surface area contributed by atoms with Crippen LogP contribution in [0.25, 0.3) is 0 Å². The van der Waals surface area contributed by atoms with Gasteiger partial charge in [-0.25, -0.2) is 0 Å². The van der Waals surface area contributed by atoms with Crippen molar-refractivity contribution in [3.8, 4) is 0 Å². The summed E-state index contributed by atoms with van der Waals surface area (Å²) in [6, 6.07) is 0. The quantitative estimate of drug-likeness (QED) is 0.0261. The lowest BCUT2D eigenvalue weighted by atomic mass is 10.0. The first-order chi connectivity index (χ1) is 38.5. The van der Waals surface area contributed by atoms with E-state index in [2.05, 4.69) is 57.2 Å². The van der Waals surface area contributed by atoms with Gasteiger partial charge in [0.1, 0.15) is 13.2 Å². The Morgan fingerprint density at radius 2 is 0.500 bits per heavy atom. The molecule has 458 valence electrons. The van der Waals surface area contributed by atoms with Crippen LogP contribution < -0.4 is 0 Å². The second-order valence-corrected chi connectivity index (χ2v) is 23.8. The molecule has 0 aromatic carbocycles. The smallest absolute Gasteiger partial charge is 0.306 e. The van der Waals surface area contributed by atoms with Gasteiger partial charge in [-0.1, -0.05) is 353 Å². The van der Waals surface area contributed by atoms with Crippen molar-refractivity contribution in [3.63, 3.8) is 0 Å². The maximum atomic E-state index is 12.9. The van der Waals surface area contributed by atoms with Gasteiger partial charge in [0.05, 0.1) is 0 Å². The van der Waals surface area contributed by atoms with E-state index in [0.29, 0.717) is 19.3 Å². The molecule has 0 saturated heterocycles. The van der Waals surface area contributed by atoms with Crippen LogP contribution in [0.4, 0.5) is 0 Å². The van der Waals surface area contributed by atoms with Crippen molar-refractivity contribution in [1.29, 1.82) is 0 Å². The molecule has 0 aromatic heterocycles. The van der Waals surface area contributed by atoms with Crippen LogP contribution in [-0.4, -0.2) is 37.2 Å². The lowest BCUT2D eigenvalue weighted by Crippen LogP contribution is -2.30. The molecule has 0 amide bonds. The lowest BCUT2D eigenvalue weighted by Gasteiger charge is -2.18. The molecule has 0 heterocycles. The summed E-state index contributed by atoms with van der Waals surface area (Å²) in [5.41, 5.74) is 0. The molecule has 1 atom stereocenters. The number of hydrogen-bond donors (Lipinski definition) is 0. The first-order valence-corrected chi connectivity index (χ1v) is 35.0. The average molecular weight is 1100 g/mol. The van der Waals surface area contributed by atoms with Crippen LogP contribution in [0.1, 0.15) is 387 Å². The molecular weight excluding hydrogens is 961 g/mol. The Morgan fingerprint density at radius 1 is 0.269 bits per heavy atom. The third-order valence-corrected chi connectivity index (χ3v) is 15.9. The zero-order chi connectivity index (χ0) is 56.4. The largest absolute Gasteiger partial charge is 0.462 e. The fourth-order valence-corrected chi connectivity index (χ4v) is 10.7. The molecule has 0 N–H and O–H groups in total. The van der Waals surface area contributed by atoms with E-state index >= 15 is 0 Å². The van der Waals surface area contributed by atoms with E-state index in [1.54, 1.807) is 0 Å². The molecule has 0 rings (SSSR count). The fourth-order valence-electron chi connectivity index (χ4n) is 10.7. The summed E-state index contributed by atoms with van der Waals surface area (Å²) >= 11 is 0. The van der Waals surface area contributed by atoms with Gasteiger partial charge < -0.3 is 14.2 Å². The van der Waals surface area contributed by atoms with Gasteiger partial charge in [0.15, 0.2) is 6.10 Å². The SMILES string of the molecule is CC/C=C\C/C=C\C/C=C\CCCCCCCCCC(=O)OC(COC(=O)CCCCCCCCCCCCCCCCCC)COC(=O)CCCCCCCCCCCCCCCCCCCCCCCCCCCCC. The zero-order valence-electron chi connectivity index (χ0n) is 52.7. The number of rotatable bonds is 65. The van der Waals surface area contributed by atoms with Crippen LogP contribution in [0.2, 0.25) is 0 Å². The number of carbonyl (C=O) groups excluding carboxylic acids is 3. The topological polar surface area (TPSA) is 78.9 Å². The van der Waals surface area contributed by atoms with Crippen molar-refractivity contribution in [2.45, 2.75) is 393 Å². The van der Waals surface area contributed by atoms with Crippen LogP contribution in [0, 0.1) is 0 Å². The summed E-state index contributed by atoms with van der Waals surface area (Å²) in [5.74, 6) is -0.850. The van der Waals surface area contributed by atoms with Crippen LogP contribution in [0.5, 0.6) is 0 Å². The number of hydrogen-bond acceptors (Lipinski definition) is 6. The van der Waals surface area contributed by atoms with Crippen LogP contribution in [-0.2, 0) is 28.6 Å². The van der Waals surface area contributed by atoms with Gasteiger partial charge in [-0.05, 0) is 51.4 Å². The fraction of sp³-hybridized carbons (Fsp3) is 0.875. The molecule has 0 fully saturated rings. The van der Waals surface area contributed by atoms with E-state index in [1.807, 2.05) is 0 Å². The first kappa shape index (κ1) is 75.6. The summed E-state index contributed by atoms with van der Waals surface area (Å²) < 4.78 is 17.0. The van der Waals surface area contributed by atoms with Crippen molar-refractivity contribution < 1.29 is 28.6 Å². The van der Waals surface area contributed by atoms with Gasteiger partial charge in [-0.3, -0.25) is 14.4 Å². The molecule has 1 unspecified atom stereocenters. The Bertz CT molecular complexity index is 1300. The van der Waals surface area contributed by atoms with E-state index in [1.165, 1.54) is 263 Å². The van der Waals surface area contributed by atoms with Gasteiger partial charge in [0.25, 0.3) is 0 Å². The highest BCUT2D eigenvalue weighted by atomic mass is 16.6. The van der Waals surface area contributed by atoms with Gasteiger partial charge in [0, 0.05) is 19.3 Å². The molecule has 78 heavy (non-hydrogen) atoms. The second-order valence-electron chi connectivity index (χ2n) is 23.8. The lowest BCUT2D eigenvalue weighted by molar-refractivity contribution is -0.167. The zero-order valence-corrected chi connectivity index (χ0v) is 52.7. The van der Waals surface area contributed by atoms with Crippen LogP contribution in [0.3, 0.4) is 0 Å². The Labute approximate surface area is 486 Å². The molecule has 0 aliphatic rings. The summed E-state index contributed by atoms with van der Waals surface area (Å²) in [7, 11) is 0. The highest BCUT2D eigenvalue weighted by molar-refractivity contribution is 5.71. The summed E-state index contributed by atoms with van der Waals surface area (Å²) in [5, 5.41) is 0. The second kappa shape index (κ2) is 67.1. The summed E-state index contributed by atoms with van der Waals surface area (Å²) in [6.07, 6.45) is 83.2. The van der Waals surface area contributed by atoms with Gasteiger partial charge >= 0.3 is 17.9 Å². The minimum absolute atomic E-state index is 0.0705. The minimum Gasteiger partial charge on any atom is -0.462 e. The van der Waals surface area contributed by atoms with Crippen molar-refractivity contribution >= 4 is 17.9 Å². The number of ether oxygens (including phenoxy) is 3. The molecular formula is C72H134O6. The molecule has 0 spiro atoms. The molecule has 0 aromatic rings. The van der Waals surface area contributed by atoms with E-state index in [9.17, 15) is 14.4 Å². The highest BCUT2D eigenvalue weighted by Gasteiger charge is 2.19. The van der Waals surface area contributed by atoms with E-state index in [4.69, 9.17) is 14.2 Å². The molecule has 6 heteroatoms. The number of carbonyl (C=O) groups is 3. The van der Waals surface area contributed by atoms with E-state index in [-0.39, 0.29) is 31.1 Å². The number of unbranched alkanes of at least 4 members (excludes halogenated alkanes) is 48. The van der Waals surface area contributed by atoms with Gasteiger partial charge in [-0.15, -0.1) is 0 Å². The molecule has 0 bridgehead atoms. The third kappa shape index (κ3) is 64.5. The first-order valence-electron chi connectivity index (χ1n) is 35.0. The summed E-state index contributed by atoms with van der Waals surface area (Å²) in [6.45, 7) is 6.60. The molecule has 0 saturated carbocycles. The molecule has 0 aliphatic carbocycles. The van der Waals surface area contributed by atoms with E-state index in [0.717, 1.165) is 83.5 Å². The van der Waals surface area contributed by atoms with Crippen LogP contribution >= 0.6 is 0 Å². The monoisotopic (exact) mass is 1100 g/mol. The predicted molar refractivity (Wildman–Crippen MR) is 339 cm³/mol. The predicted octanol–water partition coefficient (Wildman–Crippen LogP) is 23.9. The highest BCUT2D eigenvalue weighted by Crippen LogP contribution is 2.19. The normalized spacial score (nSPS) is 12.2. The molecule has 0 aliphatic heterocycles. The van der Waals surface area contributed by atoms with Crippen molar-refractivity contribution in [1.82, 2.24) is 0 Å². The average Bonchev–Trinajstić information content (AvgIpc) is 3.44. The number of allylic oxidation sites excluding steroid dienone is 6. The number of esters is 3. The molecule has 0 radical (unpaired) electrons. The summed E-state index contributed by atoms with van der Waals surface area (Å²) in [4.78, 5) is 38.4. The van der Waals surface area contributed by atoms with Crippen molar-refractivity contribution in [2.75, 3.05) is 13.2 Å². The van der Waals surface area contributed by atoms with Crippen LogP contribution in [0.15, 0.2) is 36.5 Å². The minimum atomic E-state index is -0.775. The Hall–Kier alpha value is -2.37. The van der Waals surface area contributed by atoms with Gasteiger partial charge in [-0.2, -0.15) is 0 Å². The Kier molecular flexibility index (Phi) is 65.1. The van der Waals surface area contributed by atoms with Crippen molar-refractivity contribution in [3.05, 3.63) is 36.5 Å². The van der Waals surface area contributed by atoms with E-state index < -0.39 is 6.10 Å². The van der Waals surface area contributed by atoms with Crippen molar-refractivity contribution in [2.24, 2.45) is 0 Å². The Morgan fingerprint density at radius 3 is 0.782 bits per heavy atom. The maximum absolute atomic E-state index is 12.9. The van der Waals surface area contributed by atoms with Gasteiger partial charge in [0.2, 0.25) is 0 Å². The maximum Gasteiger partial charge on any atom is 0.306 e. The molecule has 6 nitrogen and oxygen atoms in total. The third-order valence-electron chi connectivity index (χ3n) is 15.9. The Balaban J connectivity index is 4.22.